The van der Waals surface area contributed by atoms with Crippen molar-refractivity contribution in [1.82, 2.24) is 5.32 Å². The topological polar surface area (TPSA) is 104 Å². The molecule has 7 nitrogen and oxygen atoms in total. The Morgan fingerprint density at radius 2 is 2.08 bits per heavy atom. The molecule has 132 valence electrons. The Hall–Kier alpha value is -2.09. The average Bonchev–Trinajstić information content (AvgIpc) is 2.90. The van der Waals surface area contributed by atoms with E-state index in [1.165, 1.54) is 16.4 Å². The van der Waals surface area contributed by atoms with Gasteiger partial charge in [-0.15, -0.1) is 0 Å². The van der Waals surface area contributed by atoms with Gasteiger partial charge in [-0.2, -0.15) is 0 Å². The van der Waals surface area contributed by atoms with Crippen LogP contribution < -0.4 is 9.62 Å². The third kappa shape index (κ3) is 3.87. The van der Waals surface area contributed by atoms with Crippen molar-refractivity contribution in [3.63, 3.8) is 0 Å². The van der Waals surface area contributed by atoms with Crippen LogP contribution in [0.2, 0.25) is 0 Å². The summed E-state index contributed by atoms with van der Waals surface area (Å²) in [6.45, 7) is 4.00. The molecule has 1 amide bonds. The van der Waals surface area contributed by atoms with Gasteiger partial charge in [-0.3, -0.25) is 9.10 Å². The van der Waals surface area contributed by atoms with Crippen molar-refractivity contribution in [2.75, 3.05) is 16.6 Å². The Morgan fingerprint density at radius 3 is 2.62 bits per heavy atom. The lowest BCUT2D eigenvalue weighted by atomic mass is 9.99. The number of nitrogens with zero attached hydrogens (tertiary/aromatic N) is 1. The molecule has 0 bridgehead atoms. The molecule has 1 aliphatic rings. The zero-order chi connectivity index (χ0) is 17.9. The van der Waals surface area contributed by atoms with Crippen molar-refractivity contribution in [2.45, 2.75) is 32.7 Å². The third-order valence-corrected chi connectivity index (χ3v) is 6.13. The lowest BCUT2D eigenvalue weighted by molar-refractivity contribution is -0.140. The van der Waals surface area contributed by atoms with E-state index < -0.39 is 27.9 Å². The molecule has 1 aromatic rings. The maximum atomic E-state index is 12.4. The molecule has 0 radical (unpaired) electrons. The monoisotopic (exact) mass is 354 g/mol. The quantitative estimate of drug-likeness (QED) is 0.805. The minimum absolute atomic E-state index is 0.0958. The highest BCUT2D eigenvalue weighted by atomic mass is 32.2. The van der Waals surface area contributed by atoms with Gasteiger partial charge < -0.3 is 10.4 Å². The Bertz CT molecular complexity index is 732. The van der Waals surface area contributed by atoms with Crippen LogP contribution >= 0.6 is 0 Å². The van der Waals surface area contributed by atoms with Gasteiger partial charge in [0, 0.05) is 12.1 Å². The van der Waals surface area contributed by atoms with Crippen molar-refractivity contribution in [2.24, 2.45) is 5.92 Å². The molecule has 24 heavy (non-hydrogen) atoms. The maximum absolute atomic E-state index is 12.4. The van der Waals surface area contributed by atoms with Crippen LogP contribution in [0.25, 0.3) is 0 Å². The van der Waals surface area contributed by atoms with Crippen LogP contribution in [-0.4, -0.2) is 43.7 Å². The molecule has 1 aromatic carbocycles. The number of aliphatic carboxylic acids is 1. The number of benzene rings is 1. The number of amides is 1. The molecular weight excluding hydrogens is 332 g/mol. The summed E-state index contributed by atoms with van der Waals surface area (Å²) < 4.78 is 25.3. The Morgan fingerprint density at radius 1 is 1.38 bits per heavy atom. The summed E-state index contributed by atoms with van der Waals surface area (Å²) in [6, 6.07) is 5.26. The minimum Gasteiger partial charge on any atom is -0.480 e. The molecule has 1 saturated heterocycles. The largest absolute Gasteiger partial charge is 0.480 e. The lowest BCUT2D eigenvalue weighted by Gasteiger charge is -2.21. The van der Waals surface area contributed by atoms with Crippen LogP contribution in [0.1, 0.15) is 37.0 Å². The summed E-state index contributed by atoms with van der Waals surface area (Å²) in [6.07, 6.45) is 1.16. The Balaban J connectivity index is 2.22. The SMILES string of the molecule is CC[C@H](C)[C@H](NC(=O)c1cccc(N2CCCS2(=O)=O)c1)C(=O)O. The summed E-state index contributed by atoms with van der Waals surface area (Å²) in [7, 11) is -3.33. The summed E-state index contributed by atoms with van der Waals surface area (Å²) in [5, 5.41) is 11.8. The van der Waals surface area contributed by atoms with Gasteiger partial charge in [0.2, 0.25) is 10.0 Å². The van der Waals surface area contributed by atoms with E-state index >= 15 is 0 Å². The molecule has 1 heterocycles. The van der Waals surface area contributed by atoms with Gasteiger partial charge in [0.25, 0.3) is 5.91 Å². The molecule has 8 heteroatoms. The molecule has 2 atom stereocenters. The number of carbonyl (C=O) groups excluding carboxylic acids is 1. The molecule has 0 aromatic heterocycles. The van der Waals surface area contributed by atoms with Crippen LogP contribution in [0.5, 0.6) is 0 Å². The van der Waals surface area contributed by atoms with Gasteiger partial charge in [-0.05, 0) is 30.5 Å². The van der Waals surface area contributed by atoms with E-state index in [1.807, 2.05) is 6.92 Å². The number of carbonyl (C=O) groups is 2. The van der Waals surface area contributed by atoms with Gasteiger partial charge in [0.1, 0.15) is 6.04 Å². The summed E-state index contributed by atoms with van der Waals surface area (Å²) in [4.78, 5) is 23.7. The number of sulfonamides is 1. The number of nitrogens with one attached hydrogen (secondary N) is 1. The van der Waals surface area contributed by atoms with Crippen LogP contribution in [0.15, 0.2) is 24.3 Å². The van der Waals surface area contributed by atoms with Crippen LogP contribution in [0.3, 0.4) is 0 Å². The van der Waals surface area contributed by atoms with Crippen molar-refractivity contribution in [1.29, 1.82) is 0 Å². The number of hydrogen-bond acceptors (Lipinski definition) is 4. The van der Waals surface area contributed by atoms with Crippen molar-refractivity contribution in [3.05, 3.63) is 29.8 Å². The molecule has 2 rings (SSSR count). The van der Waals surface area contributed by atoms with Crippen molar-refractivity contribution >= 4 is 27.6 Å². The number of hydrogen-bond donors (Lipinski definition) is 2. The van der Waals surface area contributed by atoms with Gasteiger partial charge in [0.05, 0.1) is 11.4 Å². The highest BCUT2D eigenvalue weighted by Crippen LogP contribution is 2.24. The molecule has 0 aliphatic carbocycles. The zero-order valence-electron chi connectivity index (χ0n) is 13.7. The first kappa shape index (κ1) is 18.3. The smallest absolute Gasteiger partial charge is 0.326 e. The zero-order valence-corrected chi connectivity index (χ0v) is 14.5. The van der Waals surface area contributed by atoms with E-state index in [0.717, 1.165) is 0 Å². The number of anilines is 1. The van der Waals surface area contributed by atoms with Gasteiger partial charge >= 0.3 is 5.97 Å². The van der Waals surface area contributed by atoms with Crippen LogP contribution in [0, 0.1) is 5.92 Å². The summed E-state index contributed by atoms with van der Waals surface area (Å²) >= 11 is 0. The minimum atomic E-state index is -3.33. The lowest BCUT2D eigenvalue weighted by Crippen LogP contribution is -2.45. The third-order valence-electron chi connectivity index (χ3n) is 4.26. The first-order valence-electron chi connectivity index (χ1n) is 7.90. The normalized spacial score (nSPS) is 18.8. The van der Waals surface area contributed by atoms with Crippen LogP contribution in [0.4, 0.5) is 5.69 Å². The van der Waals surface area contributed by atoms with E-state index in [0.29, 0.717) is 25.1 Å². The fourth-order valence-corrected chi connectivity index (χ4v) is 4.20. The van der Waals surface area contributed by atoms with E-state index in [-0.39, 0.29) is 17.2 Å². The number of carboxylic acid groups (broad SMARTS) is 1. The van der Waals surface area contributed by atoms with Gasteiger partial charge in [-0.25, -0.2) is 13.2 Å². The Labute approximate surface area is 141 Å². The highest BCUT2D eigenvalue weighted by Gasteiger charge is 2.29. The first-order valence-corrected chi connectivity index (χ1v) is 9.51. The van der Waals surface area contributed by atoms with Crippen molar-refractivity contribution < 1.29 is 23.1 Å². The molecule has 2 N–H and O–H groups in total. The highest BCUT2D eigenvalue weighted by molar-refractivity contribution is 7.93. The first-order chi connectivity index (χ1) is 11.3. The molecule has 0 spiro atoms. The molecule has 0 saturated carbocycles. The molecule has 0 unspecified atom stereocenters. The predicted molar refractivity (Wildman–Crippen MR) is 90.5 cm³/mol. The fourth-order valence-electron chi connectivity index (χ4n) is 2.64. The van der Waals surface area contributed by atoms with E-state index in [9.17, 15) is 23.1 Å². The van der Waals surface area contributed by atoms with Crippen molar-refractivity contribution in [3.8, 4) is 0 Å². The molecule has 1 aliphatic heterocycles. The fraction of sp³-hybridized carbons (Fsp3) is 0.500. The predicted octanol–water partition coefficient (Wildman–Crippen LogP) is 1.46. The maximum Gasteiger partial charge on any atom is 0.326 e. The standard InChI is InChI=1S/C16H22N2O5S/c1-3-11(2)14(16(20)21)17-15(19)12-6-4-7-13(10-12)18-8-5-9-24(18,22)23/h4,6-7,10-11,14H,3,5,8-9H2,1-2H3,(H,17,19)(H,20,21)/t11-,14-/m0/s1. The van der Waals surface area contributed by atoms with E-state index in [2.05, 4.69) is 5.32 Å². The van der Waals surface area contributed by atoms with E-state index in [4.69, 9.17) is 0 Å². The van der Waals surface area contributed by atoms with Gasteiger partial charge in [-0.1, -0.05) is 26.3 Å². The summed E-state index contributed by atoms with van der Waals surface area (Å²) in [5.74, 6) is -1.73. The van der Waals surface area contributed by atoms with E-state index in [1.54, 1.807) is 19.1 Å². The second-order valence-corrected chi connectivity index (χ2v) is 7.98. The summed E-state index contributed by atoms with van der Waals surface area (Å²) in [5.41, 5.74) is 0.666. The second kappa shape index (κ2) is 7.21. The average molecular weight is 354 g/mol. The second-order valence-electron chi connectivity index (χ2n) is 5.97. The van der Waals surface area contributed by atoms with Crippen LogP contribution in [-0.2, 0) is 14.8 Å². The number of rotatable bonds is 6. The molecule has 1 fully saturated rings. The Kier molecular flexibility index (Phi) is 5.48. The van der Waals surface area contributed by atoms with Gasteiger partial charge in [0.15, 0.2) is 0 Å². The number of carboxylic acids is 1. The molecular formula is C16H22N2O5S.